The third kappa shape index (κ3) is 4.21. The highest BCUT2D eigenvalue weighted by molar-refractivity contribution is 5.84. The first-order valence-corrected chi connectivity index (χ1v) is 8.87. The summed E-state index contributed by atoms with van der Waals surface area (Å²) in [5.74, 6) is 1.53. The van der Waals surface area contributed by atoms with Crippen LogP contribution in [-0.4, -0.2) is 29.6 Å². The standard InChI is InChI=1S/C18H34N2O/c1-13(2)10-15-17(21)20(16(19-15)11-14(3)4)12-18(5)8-6-7-9-18/h13-16,19H,6-12H2,1-5H3. The zero-order valence-corrected chi connectivity index (χ0v) is 14.6. The minimum atomic E-state index is 0.0405. The molecule has 3 heteroatoms. The van der Waals surface area contributed by atoms with Crippen molar-refractivity contribution >= 4 is 5.91 Å². The third-order valence-electron chi connectivity index (χ3n) is 5.12. The van der Waals surface area contributed by atoms with E-state index in [4.69, 9.17) is 0 Å². The van der Waals surface area contributed by atoms with Crippen LogP contribution >= 0.6 is 0 Å². The molecule has 1 saturated carbocycles. The average Bonchev–Trinajstić information content (AvgIpc) is 2.89. The summed E-state index contributed by atoms with van der Waals surface area (Å²) >= 11 is 0. The zero-order valence-electron chi connectivity index (χ0n) is 14.6. The fourth-order valence-electron chi connectivity index (χ4n) is 4.02. The van der Waals surface area contributed by atoms with Crippen LogP contribution in [-0.2, 0) is 4.79 Å². The van der Waals surface area contributed by atoms with Gasteiger partial charge >= 0.3 is 0 Å². The molecule has 1 aliphatic heterocycles. The van der Waals surface area contributed by atoms with E-state index < -0.39 is 0 Å². The van der Waals surface area contributed by atoms with Crippen molar-refractivity contribution in [2.75, 3.05) is 6.54 Å². The number of amides is 1. The number of hydrogen-bond donors (Lipinski definition) is 1. The van der Waals surface area contributed by atoms with Crippen LogP contribution in [0.2, 0.25) is 0 Å². The average molecular weight is 294 g/mol. The van der Waals surface area contributed by atoms with Crippen LogP contribution in [0.5, 0.6) is 0 Å². The van der Waals surface area contributed by atoms with Crippen molar-refractivity contribution in [1.82, 2.24) is 10.2 Å². The van der Waals surface area contributed by atoms with Crippen LogP contribution in [0.15, 0.2) is 0 Å². The highest BCUT2D eigenvalue weighted by Gasteiger charge is 2.42. The topological polar surface area (TPSA) is 32.3 Å². The SMILES string of the molecule is CC(C)CC1NC(CC(C)C)N(CC2(C)CCCC2)C1=O. The van der Waals surface area contributed by atoms with Gasteiger partial charge in [-0.2, -0.15) is 0 Å². The number of rotatable bonds is 6. The van der Waals surface area contributed by atoms with Gasteiger partial charge < -0.3 is 4.90 Å². The maximum atomic E-state index is 12.8. The van der Waals surface area contributed by atoms with E-state index in [-0.39, 0.29) is 12.2 Å². The van der Waals surface area contributed by atoms with Crippen LogP contribution in [0.25, 0.3) is 0 Å². The van der Waals surface area contributed by atoms with Crippen molar-refractivity contribution in [3.05, 3.63) is 0 Å². The van der Waals surface area contributed by atoms with Gasteiger partial charge in [-0.1, -0.05) is 47.5 Å². The quantitative estimate of drug-likeness (QED) is 0.808. The Bertz CT molecular complexity index is 358. The van der Waals surface area contributed by atoms with Gasteiger partial charge in [0.2, 0.25) is 5.91 Å². The Balaban J connectivity index is 2.07. The summed E-state index contributed by atoms with van der Waals surface area (Å²) in [6, 6.07) is 0.0405. The monoisotopic (exact) mass is 294 g/mol. The molecule has 1 amide bonds. The molecule has 2 unspecified atom stereocenters. The Kier molecular flexibility index (Phi) is 5.34. The molecule has 2 aliphatic rings. The van der Waals surface area contributed by atoms with Gasteiger partial charge in [-0.3, -0.25) is 10.1 Å². The summed E-state index contributed by atoms with van der Waals surface area (Å²) < 4.78 is 0. The summed E-state index contributed by atoms with van der Waals surface area (Å²) in [7, 11) is 0. The molecule has 2 atom stereocenters. The first-order chi connectivity index (χ1) is 9.81. The van der Waals surface area contributed by atoms with E-state index in [9.17, 15) is 4.79 Å². The summed E-state index contributed by atoms with van der Waals surface area (Å²) in [5, 5.41) is 3.62. The summed E-state index contributed by atoms with van der Waals surface area (Å²) in [6.07, 6.45) is 7.49. The third-order valence-corrected chi connectivity index (χ3v) is 5.12. The maximum Gasteiger partial charge on any atom is 0.241 e. The van der Waals surface area contributed by atoms with Gasteiger partial charge in [-0.15, -0.1) is 0 Å². The minimum Gasteiger partial charge on any atom is -0.325 e. The molecule has 0 radical (unpaired) electrons. The number of carbonyl (C=O) groups is 1. The predicted octanol–water partition coefficient (Wildman–Crippen LogP) is 3.79. The Morgan fingerprint density at radius 2 is 1.71 bits per heavy atom. The van der Waals surface area contributed by atoms with Crippen LogP contribution in [0, 0.1) is 17.3 Å². The fraction of sp³-hybridized carbons (Fsp3) is 0.944. The highest BCUT2D eigenvalue weighted by Crippen LogP contribution is 2.39. The molecule has 1 N–H and O–H groups in total. The van der Waals surface area contributed by atoms with Gasteiger partial charge in [0.1, 0.15) is 0 Å². The Hall–Kier alpha value is -0.570. The van der Waals surface area contributed by atoms with Gasteiger partial charge in [0, 0.05) is 6.54 Å². The number of nitrogens with one attached hydrogen (secondary N) is 1. The van der Waals surface area contributed by atoms with E-state index in [2.05, 4.69) is 44.8 Å². The van der Waals surface area contributed by atoms with Crippen LogP contribution < -0.4 is 5.32 Å². The Morgan fingerprint density at radius 3 is 2.24 bits per heavy atom. The Morgan fingerprint density at radius 1 is 1.14 bits per heavy atom. The second-order valence-electron chi connectivity index (χ2n) is 8.48. The van der Waals surface area contributed by atoms with E-state index in [1.54, 1.807) is 0 Å². The van der Waals surface area contributed by atoms with E-state index in [1.165, 1.54) is 25.7 Å². The van der Waals surface area contributed by atoms with Crippen molar-refractivity contribution in [2.24, 2.45) is 17.3 Å². The first-order valence-electron chi connectivity index (χ1n) is 8.87. The highest BCUT2D eigenvalue weighted by atomic mass is 16.2. The lowest BCUT2D eigenvalue weighted by molar-refractivity contribution is -0.132. The van der Waals surface area contributed by atoms with E-state index in [0.29, 0.717) is 23.2 Å². The van der Waals surface area contributed by atoms with E-state index in [0.717, 1.165) is 19.4 Å². The molecule has 0 bridgehead atoms. The molecular formula is C18H34N2O. The van der Waals surface area contributed by atoms with Crippen molar-refractivity contribution < 1.29 is 4.79 Å². The molecule has 0 aromatic heterocycles. The molecule has 21 heavy (non-hydrogen) atoms. The molecule has 1 aliphatic carbocycles. The molecule has 3 nitrogen and oxygen atoms in total. The minimum absolute atomic E-state index is 0.0405. The first kappa shape index (κ1) is 16.8. The molecule has 1 heterocycles. The van der Waals surface area contributed by atoms with Crippen LogP contribution in [0.3, 0.4) is 0 Å². The fourth-order valence-corrected chi connectivity index (χ4v) is 4.02. The van der Waals surface area contributed by atoms with Gasteiger partial charge in [0.15, 0.2) is 0 Å². The molecule has 122 valence electrons. The molecule has 0 aromatic carbocycles. The van der Waals surface area contributed by atoms with Gasteiger partial charge in [-0.05, 0) is 42.9 Å². The largest absolute Gasteiger partial charge is 0.325 e. The van der Waals surface area contributed by atoms with Crippen LogP contribution in [0.1, 0.15) is 73.1 Å². The molecule has 2 fully saturated rings. The van der Waals surface area contributed by atoms with Gasteiger partial charge in [0.05, 0.1) is 12.2 Å². The lowest BCUT2D eigenvalue weighted by Crippen LogP contribution is -2.43. The van der Waals surface area contributed by atoms with E-state index in [1.807, 2.05) is 0 Å². The van der Waals surface area contributed by atoms with Gasteiger partial charge in [-0.25, -0.2) is 0 Å². The van der Waals surface area contributed by atoms with Crippen molar-refractivity contribution in [2.45, 2.75) is 85.4 Å². The second kappa shape index (κ2) is 6.68. The van der Waals surface area contributed by atoms with Crippen LogP contribution in [0.4, 0.5) is 0 Å². The lowest BCUT2D eigenvalue weighted by Gasteiger charge is -2.34. The molecule has 0 aromatic rings. The predicted molar refractivity (Wildman–Crippen MR) is 87.9 cm³/mol. The summed E-state index contributed by atoms with van der Waals surface area (Å²) in [5.41, 5.74) is 0.347. The normalized spacial score (nSPS) is 29.1. The smallest absolute Gasteiger partial charge is 0.241 e. The molecule has 0 spiro atoms. The summed E-state index contributed by atoms with van der Waals surface area (Å²) in [6.45, 7) is 12.2. The number of hydrogen-bond acceptors (Lipinski definition) is 2. The second-order valence-corrected chi connectivity index (χ2v) is 8.48. The Labute approximate surface area is 130 Å². The molecule has 1 saturated heterocycles. The number of carbonyl (C=O) groups excluding carboxylic acids is 1. The van der Waals surface area contributed by atoms with Crippen molar-refractivity contribution in [1.29, 1.82) is 0 Å². The zero-order chi connectivity index (χ0) is 15.6. The summed E-state index contributed by atoms with van der Waals surface area (Å²) in [4.78, 5) is 15.0. The van der Waals surface area contributed by atoms with Crippen molar-refractivity contribution in [3.8, 4) is 0 Å². The van der Waals surface area contributed by atoms with Crippen molar-refractivity contribution in [3.63, 3.8) is 0 Å². The number of nitrogens with zero attached hydrogens (tertiary/aromatic N) is 1. The van der Waals surface area contributed by atoms with E-state index >= 15 is 0 Å². The maximum absolute atomic E-state index is 12.8. The molecule has 2 rings (SSSR count). The molecular weight excluding hydrogens is 260 g/mol. The lowest BCUT2D eigenvalue weighted by atomic mass is 9.88. The van der Waals surface area contributed by atoms with Gasteiger partial charge in [0.25, 0.3) is 0 Å².